The Labute approximate surface area is 114 Å². The molecule has 0 aliphatic rings. The second-order valence-electron chi connectivity index (χ2n) is 4.24. The molecule has 1 aromatic heterocycles. The topological polar surface area (TPSA) is 30.0 Å². The first-order valence-corrected chi connectivity index (χ1v) is 6.10. The number of aromatic nitrogens is 1. The standard InChI is InChI=1S/C15H12F3NO/c1-2-10-6-5-9-19-13(10)14(20)11-7-3-4-8-12(11)15(16,17)18/h3-9H,2H2,1H3. The van der Waals surface area contributed by atoms with E-state index in [1.165, 1.54) is 24.4 Å². The maximum absolute atomic E-state index is 12.9. The van der Waals surface area contributed by atoms with E-state index in [1.54, 1.807) is 12.1 Å². The molecule has 0 fully saturated rings. The summed E-state index contributed by atoms with van der Waals surface area (Å²) in [7, 11) is 0. The molecule has 1 aromatic carbocycles. The van der Waals surface area contributed by atoms with Crippen LogP contribution in [-0.4, -0.2) is 10.8 Å². The third-order valence-electron chi connectivity index (χ3n) is 2.96. The van der Waals surface area contributed by atoms with Crippen LogP contribution in [0.3, 0.4) is 0 Å². The first-order valence-electron chi connectivity index (χ1n) is 6.10. The molecule has 0 N–H and O–H groups in total. The van der Waals surface area contributed by atoms with E-state index in [9.17, 15) is 18.0 Å². The van der Waals surface area contributed by atoms with Crippen LogP contribution in [0.4, 0.5) is 13.2 Å². The van der Waals surface area contributed by atoms with E-state index < -0.39 is 17.5 Å². The molecule has 0 aliphatic heterocycles. The molecule has 2 nitrogen and oxygen atoms in total. The van der Waals surface area contributed by atoms with E-state index in [-0.39, 0.29) is 11.3 Å². The number of halogens is 3. The number of carbonyl (C=O) groups is 1. The van der Waals surface area contributed by atoms with Crippen LogP contribution >= 0.6 is 0 Å². The molecule has 0 radical (unpaired) electrons. The summed E-state index contributed by atoms with van der Waals surface area (Å²) in [4.78, 5) is 16.3. The molecule has 0 spiro atoms. The van der Waals surface area contributed by atoms with Crippen molar-refractivity contribution >= 4 is 5.78 Å². The summed E-state index contributed by atoms with van der Waals surface area (Å²) in [5.74, 6) is -0.699. The van der Waals surface area contributed by atoms with Crippen LogP contribution in [-0.2, 0) is 12.6 Å². The summed E-state index contributed by atoms with van der Waals surface area (Å²) in [6, 6.07) is 8.11. The fourth-order valence-electron chi connectivity index (χ4n) is 1.98. The number of ketones is 1. The maximum Gasteiger partial charge on any atom is 0.417 e. The number of nitrogens with zero attached hydrogens (tertiary/aromatic N) is 1. The largest absolute Gasteiger partial charge is 0.417 e. The van der Waals surface area contributed by atoms with Gasteiger partial charge in [-0.25, -0.2) is 0 Å². The van der Waals surface area contributed by atoms with Crippen molar-refractivity contribution in [3.63, 3.8) is 0 Å². The van der Waals surface area contributed by atoms with Gasteiger partial charge in [0.25, 0.3) is 0 Å². The normalized spacial score (nSPS) is 11.4. The lowest BCUT2D eigenvalue weighted by molar-refractivity contribution is -0.137. The lowest BCUT2D eigenvalue weighted by Gasteiger charge is -2.12. The van der Waals surface area contributed by atoms with Gasteiger partial charge in [-0.05, 0) is 24.1 Å². The highest BCUT2D eigenvalue weighted by Gasteiger charge is 2.35. The highest BCUT2D eigenvalue weighted by molar-refractivity contribution is 6.09. The van der Waals surface area contributed by atoms with Crippen LogP contribution in [0.1, 0.15) is 34.1 Å². The number of pyridine rings is 1. The van der Waals surface area contributed by atoms with Gasteiger partial charge >= 0.3 is 6.18 Å². The Kier molecular flexibility index (Phi) is 3.88. The first-order chi connectivity index (χ1) is 9.45. The average molecular weight is 279 g/mol. The number of hydrogen-bond donors (Lipinski definition) is 0. The summed E-state index contributed by atoms with van der Waals surface area (Å²) < 4.78 is 38.8. The van der Waals surface area contributed by atoms with Gasteiger partial charge in [-0.2, -0.15) is 13.2 Å². The molecule has 0 saturated heterocycles. The molecule has 20 heavy (non-hydrogen) atoms. The van der Waals surface area contributed by atoms with Gasteiger partial charge in [-0.1, -0.05) is 31.2 Å². The molecule has 1 heterocycles. The first kappa shape index (κ1) is 14.2. The van der Waals surface area contributed by atoms with Crippen molar-refractivity contribution in [1.82, 2.24) is 4.98 Å². The van der Waals surface area contributed by atoms with E-state index in [2.05, 4.69) is 4.98 Å². The van der Waals surface area contributed by atoms with E-state index in [0.717, 1.165) is 6.07 Å². The molecule has 0 atom stereocenters. The van der Waals surface area contributed by atoms with Crippen LogP contribution in [0.15, 0.2) is 42.6 Å². The maximum atomic E-state index is 12.9. The summed E-state index contributed by atoms with van der Waals surface area (Å²) in [6.45, 7) is 1.82. The van der Waals surface area contributed by atoms with Gasteiger partial charge in [0, 0.05) is 11.8 Å². The minimum Gasteiger partial charge on any atom is -0.287 e. The number of aryl methyl sites for hydroxylation is 1. The number of hydrogen-bond acceptors (Lipinski definition) is 2. The minimum absolute atomic E-state index is 0.0756. The van der Waals surface area contributed by atoms with Crippen LogP contribution in [0.5, 0.6) is 0 Å². The van der Waals surface area contributed by atoms with Crippen LogP contribution in [0, 0.1) is 0 Å². The Bertz CT molecular complexity index is 635. The predicted octanol–water partition coefficient (Wildman–Crippen LogP) is 3.89. The lowest BCUT2D eigenvalue weighted by atomic mass is 9.98. The fourth-order valence-corrected chi connectivity index (χ4v) is 1.98. The Balaban J connectivity index is 2.55. The van der Waals surface area contributed by atoms with Crippen molar-refractivity contribution in [2.75, 3.05) is 0 Å². The molecule has 104 valence electrons. The predicted molar refractivity (Wildman–Crippen MR) is 68.5 cm³/mol. The van der Waals surface area contributed by atoms with E-state index in [0.29, 0.717) is 12.0 Å². The Hall–Kier alpha value is -2.17. The second kappa shape index (κ2) is 5.45. The summed E-state index contributed by atoms with van der Waals surface area (Å²) in [6.07, 6.45) is -2.63. The number of alkyl halides is 3. The van der Waals surface area contributed by atoms with E-state index >= 15 is 0 Å². The molecule has 0 aliphatic carbocycles. The van der Waals surface area contributed by atoms with Gasteiger partial charge in [0.2, 0.25) is 5.78 Å². The highest BCUT2D eigenvalue weighted by atomic mass is 19.4. The third-order valence-corrected chi connectivity index (χ3v) is 2.96. The van der Waals surface area contributed by atoms with E-state index in [1.807, 2.05) is 6.92 Å². The Morgan fingerprint density at radius 2 is 1.85 bits per heavy atom. The quantitative estimate of drug-likeness (QED) is 0.798. The molecule has 0 amide bonds. The highest BCUT2D eigenvalue weighted by Crippen LogP contribution is 2.32. The van der Waals surface area contributed by atoms with Gasteiger partial charge in [0.1, 0.15) is 5.69 Å². The zero-order chi connectivity index (χ0) is 14.8. The molecular weight excluding hydrogens is 267 g/mol. The Morgan fingerprint density at radius 1 is 1.15 bits per heavy atom. The minimum atomic E-state index is -4.56. The molecule has 2 aromatic rings. The monoisotopic (exact) mass is 279 g/mol. The number of rotatable bonds is 3. The van der Waals surface area contributed by atoms with Gasteiger partial charge in [-0.3, -0.25) is 9.78 Å². The molecule has 2 rings (SSSR count). The fraction of sp³-hybridized carbons (Fsp3) is 0.200. The summed E-state index contributed by atoms with van der Waals surface area (Å²) in [5.41, 5.74) is -0.590. The zero-order valence-electron chi connectivity index (χ0n) is 10.7. The molecule has 5 heteroatoms. The van der Waals surface area contributed by atoms with Crippen molar-refractivity contribution in [3.8, 4) is 0 Å². The van der Waals surface area contributed by atoms with Crippen molar-refractivity contribution in [2.24, 2.45) is 0 Å². The van der Waals surface area contributed by atoms with E-state index in [4.69, 9.17) is 0 Å². The van der Waals surface area contributed by atoms with Crippen molar-refractivity contribution < 1.29 is 18.0 Å². The molecule has 0 saturated carbocycles. The molecule has 0 bridgehead atoms. The van der Waals surface area contributed by atoms with Gasteiger partial charge in [0.05, 0.1) is 5.56 Å². The summed E-state index contributed by atoms with van der Waals surface area (Å²) in [5, 5.41) is 0. The van der Waals surface area contributed by atoms with Gasteiger partial charge in [-0.15, -0.1) is 0 Å². The average Bonchev–Trinajstić information content (AvgIpc) is 2.45. The SMILES string of the molecule is CCc1cccnc1C(=O)c1ccccc1C(F)(F)F. The van der Waals surface area contributed by atoms with Crippen LogP contribution in [0.2, 0.25) is 0 Å². The van der Waals surface area contributed by atoms with Crippen molar-refractivity contribution in [2.45, 2.75) is 19.5 Å². The van der Waals surface area contributed by atoms with Crippen molar-refractivity contribution in [1.29, 1.82) is 0 Å². The Morgan fingerprint density at radius 3 is 2.50 bits per heavy atom. The lowest BCUT2D eigenvalue weighted by Crippen LogP contribution is -2.15. The smallest absolute Gasteiger partial charge is 0.287 e. The molecular formula is C15H12F3NO. The zero-order valence-corrected chi connectivity index (χ0v) is 10.7. The second-order valence-corrected chi connectivity index (χ2v) is 4.24. The van der Waals surface area contributed by atoms with Crippen LogP contribution in [0.25, 0.3) is 0 Å². The number of carbonyl (C=O) groups excluding carboxylic acids is 1. The molecule has 0 unspecified atom stereocenters. The third kappa shape index (κ3) is 2.71. The van der Waals surface area contributed by atoms with Gasteiger partial charge in [0.15, 0.2) is 0 Å². The summed E-state index contributed by atoms with van der Waals surface area (Å²) >= 11 is 0. The van der Waals surface area contributed by atoms with Gasteiger partial charge < -0.3 is 0 Å². The number of benzene rings is 1. The van der Waals surface area contributed by atoms with Crippen LogP contribution < -0.4 is 0 Å². The van der Waals surface area contributed by atoms with Crippen molar-refractivity contribution in [3.05, 3.63) is 65.0 Å².